The maximum absolute atomic E-state index is 12.3. The first kappa shape index (κ1) is 20.2. The minimum atomic E-state index is -0.524. The number of halogens is 1. The maximum Gasteiger partial charge on any atom is 0.341 e. The number of rotatable bonds is 7. The zero-order valence-electron chi connectivity index (χ0n) is 14.9. The number of thiophene rings is 1. The predicted octanol–water partition coefficient (Wildman–Crippen LogP) is 3.37. The van der Waals surface area contributed by atoms with Crippen LogP contribution in [0.5, 0.6) is 0 Å². The van der Waals surface area contributed by atoms with Gasteiger partial charge in [0.1, 0.15) is 5.00 Å². The SMILES string of the molecule is CCOC(=O)c1c(N)sc(C(=O)NC)c1CN[C@@H](C)c1cccc(Cl)c1. The van der Waals surface area contributed by atoms with Crippen LogP contribution in [0.3, 0.4) is 0 Å². The van der Waals surface area contributed by atoms with E-state index >= 15 is 0 Å². The van der Waals surface area contributed by atoms with Crippen LogP contribution in [-0.2, 0) is 11.3 Å². The van der Waals surface area contributed by atoms with Crippen LogP contribution in [0.15, 0.2) is 24.3 Å². The van der Waals surface area contributed by atoms with E-state index in [-0.39, 0.29) is 35.7 Å². The van der Waals surface area contributed by atoms with Gasteiger partial charge in [-0.1, -0.05) is 23.7 Å². The normalized spacial score (nSPS) is 11.8. The summed E-state index contributed by atoms with van der Waals surface area (Å²) in [7, 11) is 1.54. The molecule has 6 nitrogen and oxygen atoms in total. The highest BCUT2D eigenvalue weighted by Gasteiger charge is 2.26. The Morgan fingerprint density at radius 1 is 1.38 bits per heavy atom. The molecular formula is C18H22ClN3O3S. The topological polar surface area (TPSA) is 93.5 Å². The molecule has 2 rings (SSSR count). The van der Waals surface area contributed by atoms with Crippen LogP contribution in [0, 0.1) is 0 Å². The van der Waals surface area contributed by atoms with Crippen molar-refractivity contribution in [2.75, 3.05) is 19.4 Å². The number of anilines is 1. The number of benzene rings is 1. The van der Waals surface area contributed by atoms with Crippen molar-refractivity contribution in [2.45, 2.75) is 26.4 Å². The Hall–Kier alpha value is -2.09. The van der Waals surface area contributed by atoms with Crippen molar-refractivity contribution in [1.29, 1.82) is 0 Å². The molecule has 26 heavy (non-hydrogen) atoms. The van der Waals surface area contributed by atoms with E-state index in [0.29, 0.717) is 15.5 Å². The molecule has 1 aromatic carbocycles. The molecule has 1 amide bonds. The standard InChI is InChI=1S/C18H22ClN3O3S/c1-4-25-18(24)14-13(15(17(23)21-3)26-16(14)20)9-22-10(2)11-6-5-7-12(19)8-11/h5-8,10,22H,4,9,20H2,1-3H3,(H,21,23)/t10-/m0/s1. The number of nitrogens with one attached hydrogen (secondary N) is 2. The van der Waals surface area contributed by atoms with E-state index in [1.54, 1.807) is 13.0 Å². The van der Waals surface area contributed by atoms with Crippen LogP contribution in [0.4, 0.5) is 5.00 Å². The quantitative estimate of drug-likeness (QED) is 0.625. The molecular weight excluding hydrogens is 374 g/mol. The molecule has 0 aliphatic heterocycles. The van der Waals surface area contributed by atoms with Gasteiger partial charge in [-0.05, 0) is 31.5 Å². The first-order valence-electron chi connectivity index (χ1n) is 8.18. The number of nitrogen functional groups attached to an aromatic ring is 1. The van der Waals surface area contributed by atoms with Gasteiger partial charge in [-0.3, -0.25) is 4.79 Å². The average molecular weight is 396 g/mol. The van der Waals surface area contributed by atoms with Gasteiger partial charge in [0.2, 0.25) is 0 Å². The first-order chi connectivity index (χ1) is 12.4. The molecule has 0 spiro atoms. The van der Waals surface area contributed by atoms with E-state index in [1.165, 1.54) is 7.05 Å². The number of carbonyl (C=O) groups is 2. The van der Waals surface area contributed by atoms with E-state index in [1.807, 2.05) is 25.1 Å². The molecule has 4 N–H and O–H groups in total. The second-order valence-electron chi connectivity index (χ2n) is 5.61. The molecule has 140 valence electrons. The fraction of sp³-hybridized carbons (Fsp3) is 0.333. The fourth-order valence-corrected chi connectivity index (χ4v) is 3.75. The number of hydrogen-bond donors (Lipinski definition) is 3. The van der Waals surface area contributed by atoms with Crippen LogP contribution in [0.25, 0.3) is 0 Å². The van der Waals surface area contributed by atoms with Crippen LogP contribution in [-0.4, -0.2) is 25.5 Å². The van der Waals surface area contributed by atoms with Crippen molar-refractivity contribution < 1.29 is 14.3 Å². The second kappa shape index (κ2) is 9.02. The number of hydrogen-bond acceptors (Lipinski definition) is 6. The van der Waals surface area contributed by atoms with Crippen molar-refractivity contribution in [3.63, 3.8) is 0 Å². The van der Waals surface area contributed by atoms with Crippen molar-refractivity contribution in [1.82, 2.24) is 10.6 Å². The number of nitrogens with two attached hydrogens (primary N) is 1. The van der Waals surface area contributed by atoms with Crippen LogP contribution in [0.2, 0.25) is 5.02 Å². The molecule has 0 bridgehead atoms. The van der Waals surface area contributed by atoms with E-state index in [2.05, 4.69) is 10.6 Å². The molecule has 1 atom stereocenters. The maximum atomic E-state index is 12.3. The highest BCUT2D eigenvalue weighted by atomic mass is 35.5. The first-order valence-corrected chi connectivity index (χ1v) is 9.37. The number of carbonyl (C=O) groups excluding carboxylic acids is 2. The summed E-state index contributed by atoms with van der Waals surface area (Å²) >= 11 is 7.12. The molecule has 1 aromatic heterocycles. The van der Waals surface area contributed by atoms with Crippen molar-refractivity contribution in [2.24, 2.45) is 0 Å². The molecule has 1 heterocycles. The number of amides is 1. The van der Waals surface area contributed by atoms with Gasteiger partial charge in [-0.2, -0.15) is 0 Å². The largest absolute Gasteiger partial charge is 0.462 e. The van der Waals surface area contributed by atoms with Crippen molar-refractivity contribution in [3.8, 4) is 0 Å². The predicted molar refractivity (Wildman–Crippen MR) is 105 cm³/mol. The van der Waals surface area contributed by atoms with Crippen molar-refractivity contribution in [3.05, 3.63) is 50.9 Å². The second-order valence-corrected chi connectivity index (χ2v) is 7.09. The fourth-order valence-electron chi connectivity index (χ4n) is 2.53. The molecule has 0 saturated heterocycles. The van der Waals surface area contributed by atoms with E-state index in [9.17, 15) is 9.59 Å². The smallest absolute Gasteiger partial charge is 0.341 e. The molecule has 0 saturated carbocycles. The lowest BCUT2D eigenvalue weighted by Gasteiger charge is -2.16. The molecule has 2 aromatic rings. The van der Waals surface area contributed by atoms with Gasteiger partial charge in [-0.15, -0.1) is 11.3 Å². The summed E-state index contributed by atoms with van der Waals surface area (Å²) in [4.78, 5) is 24.9. The summed E-state index contributed by atoms with van der Waals surface area (Å²) in [6.07, 6.45) is 0. The molecule has 0 aliphatic rings. The Morgan fingerprint density at radius 3 is 2.73 bits per heavy atom. The van der Waals surface area contributed by atoms with Gasteiger partial charge in [0, 0.05) is 30.2 Å². The van der Waals surface area contributed by atoms with Crippen LogP contribution in [0.1, 0.15) is 51.0 Å². The van der Waals surface area contributed by atoms with E-state index in [4.69, 9.17) is 22.1 Å². The summed E-state index contributed by atoms with van der Waals surface area (Å²) in [5.74, 6) is -0.812. The number of ether oxygens (including phenoxy) is 1. The minimum absolute atomic E-state index is 0.0394. The summed E-state index contributed by atoms with van der Waals surface area (Å²) in [5.41, 5.74) is 7.79. The Balaban J connectivity index is 2.30. The van der Waals surface area contributed by atoms with Gasteiger partial charge < -0.3 is 21.1 Å². The van der Waals surface area contributed by atoms with Crippen molar-refractivity contribution >= 4 is 39.8 Å². The van der Waals surface area contributed by atoms with Gasteiger partial charge in [0.05, 0.1) is 17.0 Å². The molecule has 0 unspecified atom stereocenters. The Kier molecular flexibility index (Phi) is 7.02. The zero-order valence-corrected chi connectivity index (χ0v) is 16.5. The third-order valence-corrected chi connectivity index (χ3v) is 5.18. The highest BCUT2D eigenvalue weighted by molar-refractivity contribution is 7.18. The monoisotopic (exact) mass is 395 g/mol. The van der Waals surface area contributed by atoms with Gasteiger partial charge in [0.15, 0.2) is 0 Å². The summed E-state index contributed by atoms with van der Waals surface area (Å²) in [5, 5.41) is 6.82. The third-order valence-electron chi connectivity index (χ3n) is 3.88. The Labute approximate surface area is 161 Å². The lowest BCUT2D eigenvalue weighted by atomic mass is 10.1. The number of esters is 1. The van der Waals surface area contributed by atoms with Crippen LogP contribution >= 0.6 is 22.9 Å². The van der Waals surface area contributed by atoms with Gasteiger partial charge in [-0.25, -0.2) is 4.79 Å². The molecule has 0 aliphatic carbocycles. The average Bonchev–Trinajstić information content (AvgIpc) is 2.95. The molecule has 8 heteroatoms. The molecule has 0 fully saturated rings. The van der Waals surface area contributed by atoms with Gasteiger partial charge >= 0.3 is 5.97 Å². The minimum Gasteiger partial charge on any atom is -0.462 e. The molecule has 0 radical (unpaired) electrons. The zero-order chi connectivity index (χ0) is 19.3. The van der Waals surface area contributed by atoms with E-state index < -0.39 is 5.97 Å². The summed E-state index contributed by atoms with van der Waals surface area (Å²) in [6.45, 7) is 4.22. The Morgan fingerprint density at radius 2 is 2.12 bits per heavy atom. The summed E-state index contributed by atoms with van der Waals surface area (Å²) in [6, 6.07) is 7.46. The van der Waals surface area contributed by atoms with E-state index in [0.717, 1.165) is 16.9 Å². The lowest BCUT2D eigenvalue weighted by molar-refractivity contribution is 0.0526. The highest BCUT2D eigenvalue weighted by Crippen LogP contribution is 2.32. The van der Waals surface area contributed by atoms with Gasteiger partial charge in [0.25, 0.3) is 5.91 Å². The van der Waals surface area contributed by atoms with Crippen LogP contribution < -0.4 is 16.4 Å². The summed E-state index contributed by atoms with van der Waals surface area (Å²) < 4.78 is 5.09. The lowest BCUT2D eigenvalue weighted by Crippen LogP contribution is -2.24. The Bertz CT molecular complexity index is 807. The third kappa shape index (κ3) is 4.55.